The molecule has 32 heavy (non-hydrogen) atoms. The number of anilines is 1. The Hall–Kier alpha value is -2.92. The Bertz CT molecular complexity index is 1070. The number of amides is 1. The number of ether oxygens (including phenoxy) is 2. The third kappa shape index (κ3) is 6.07. The van der Waals surface area contributed by atoms with Crippen molar-refractivity contribution in [3.63, 3.8) is 0 Å². The normalized spacial score (nSPS) is 10.7. The molecule has 2 aromatic heterocycles. The van der Waals surface area contributed by atoms with E-state index in [-0.39, 0.29) is 24.1 Å². The molecule has 3 rings (SSSR count). The number of carbonyl (C=O) groups excluding carboxylic acids is 2. The van der Waals surface area contributed by atoms with Crippen LogP contribution in [-0.4, -0.2) is 50.6 Å². The number of nitrogens with zero attached hydrogens (tertiary/aromatic N) is 4. The average molecular weight is 476 g/mol. The Morgan fingerprint density at radius 1 is 1.16 bits per heavy atom. The molecule has 1 N–H and O–H groups in total. The van der Waals surface area contributed by atoms with Crippen molar-refractivity contribution in [3.8, 4) is 17.1 Å². The molecule has 0 bridgehead atoms. The van der Waals surface area contributed by atoms with E-state index in [4.69, 9.17) is 9.47 Å². The van der Waals surface area contributed by atoms with Crippen molar-refractivity contribution in [1.82, 2.24) is 19.7 Å². The summed E-state index contributed by atoms with van der Waals surface area (Å²) in [4.78, 5) is 28.2. The molecular weight excluding hydrogens is 450 g/mol. The van der Waals surface area contributed by atoms with Crippen molar-refractivity contribution < 1.29 is 19.1 Å². The largest absolute Gasteiger partial charge is 0.493 e. The minimum Gasteiger partial charge on any atom is -0.493 e. The first kappa shape index (κ1) is 23.7. The van der Waals surface area contributed by atoms with Gasteiger partial charge in [-0.25, -0.2) is 4.98 Å². The minimum absolute atomic E-state index is 0.0839. The highest BCUT2D eigenvalue weighted by molar-refractivity contribution is 7.99. The summed E-state index contributed by atoms with van der Waals surface area (Å²) in [6, 6.07) is 7.69. The lowest BCUT2D eigenvalue weighted by atomic mass is 10.2. The molecule has 1 aromatic carbocycles. The molecule has 11 heteroatoms. The van der Waals surface area contributed by atoms with Crippen molar-refractivity contribution in [2.24, 2.45) is 0 Å². The molecule has 1 amide bonds. The van der Waals surface area contributed by atoms with E-state index < -0.39 is 0 Å². The van der Waals surface area contributed by atoms with Crippen LogP contribution in [-0.2, 0) is 27.3 Å². The van der Waals surface area contributed by atoms with Gasteiger partial charge in [0, 0.05) is 11.9 Å². The van der Waals surface area contributed by atoms with Crippen LogP contribution in [0.5, 0.6) is 5.75 Å². The molecule has 9 nitrogen and oxygen atoms in total. The highest BCUT2D eigenvalue weighted by Gasteiger charge is 2.18. The van der Waals surface area contributed by atoms with Gasteiger partial charge in [0.15, 0.2) is 16.1 Å². The summed E-state index contributed by atoms with van der Waals surface area (Å²) >= 11 is 2.56. The molecule has 0 saturated heterocycles. The highest BCUT2D eigenvalue weighted by atomic mass is 32.2. The highest BCUT2D eigenvalue weighted by Crippen LogP contribution is 2.31. The molecule has 0 unspecified atom stereocenters. The van der Waals surface area contributed by atoms with E-state index in [1.165, 1.54) is 23.1 Å². The minimum atomic E-state index is -0.341. The smallest absolute Gasteiger partial charge is 0.311 e. The zero-order valence-electron chi connectivity index (χ0n) is 18.2. The van der Waals surface area contributed by atoms with Crippen molar-refractivity contribution >= 4 is 40.1 Å². The van der Waals surface area contributed by atoms with E-state index >= 15 is 0 Å². The van der Waals surface area contributed by atoms with Crippen molar-refractivity contribution in [1.29, 1.82) is 0 Å². The maximum atomic E-state index is 12.4. The number of hydrogen-bond donors (Lipinski definition) is 1. The quantitative estimate of drug-likeness (QED) is 0.331. The molecule has 3 aromatic rings. The second-order valence-electron chi connectivity index (χ2n) is 6.44. The third-order valence-corrected chi connectivity index (χ3v) is 6.00. The van der Waals surface area contributed by atoms with E-state index in [0.29, 0.717) is 41.6 Å². The van der Waals surface area contributed by atoms with E-state index in [9.17, 15) is 9.59 Å². The number of hydrogen-bond acceptors (Lipinski definition) is 9. The van der Waals surface area contributed by atoms with E-state index in [1.54, 1.807) is 12.3 Å². The predicted octanol–water partition coefficient (Wildman–Crippen LogP) is 3.66. The number of thiazole rings is 1. The van der Waals surface area contributed by atoms with Gasteiger partial charge in [-0.2, -0.15) is 0 Å². The van der Waals surface area contributed by atoms with E-state index in [1.807, 2.05) is 42.7 Å². The standard InChI is InChI=1S/C21H25N5O4S2/c1-4-26-19(15-9-7-8-10-16(15)29-5-2)24-25-21(26)32-13-17(27)23-20-22-14(12-31-20)11-18(28)30-6-3/h7-10,12H,4-6,11,13H2,1-3H3,(H,22,23,27). The summed E-state index contributed by atoms with van der Waals surface area (Å²) in [5.41, 5.74) is 1.43. The van der Waals surface area contributed by atoms with Crippen LogP contribution in [0.4, 0.5) is 5.13 Å². The molecule has 0 aliphatic heterocycles. The second kappa shape index (κ2) is 11.6. The van der Waals surface area contributed by atoms with Crippen LogP contribution in [0, 0.1) is 0 Å². The van der Waals surface area contributed by atoms with Crippen LogP contribution in [0.3, 0.4) is 0 Å². The van der Waals surface area contributed by atoms with Gasteiger partial charge in [-0.3, -0.25) is 9.59 Å². The summed E-state index contributed by atoms with van der Waals surface area (Å²) in [6.07, 6.45) is 0.0839. The molecular formula is C21H25N5O4S2. The lowest BCUT2D eigenvalue weighted by molar-refractivity contribution is -0.142. The molecule has 0 aliphatic rings. The monoisotopic (exact) mass is 475 g/mol. The second-order valence-corrected chi connectivity index (χ2v) is 8.24. The van der Waals surface area contributed by atoms with Gasteiger partial charge < -0.3 is 19.4 Å². The first-order chi connectivity index (χ1) is 15.5. The number of rotatable bonds is 11. The summed E-state index contributed by atoms with van der Waals surface area (Å²) in [5.74, 6) is 1.04. The zero-order chi connectivity index (χ0) is 22.9. The fraction of sp³-hybridized carbons (Fsp3) is 0.381. The van der Waals surface area contributed by atoms with Crippen molar-refractivity contribution in [2.75, 3.05) is 24.3 Å². The van der Waals surface area contributed by atoms with Crippen molar-refractivity contribution in [3.05, 3.63) is 35.3 Å². The first-order valence-corrected chi connectivity index (χ1v) is 12.1. The molecule has 0 fully saturated rings. The Morgan fingerprint density at radius 3 is 2.72 bits per heavy atom. The summed E-state index contributed by atoms with van der Waals surface area (Å²) in [5, 5.41) is 14.2. The average Bonchev–Trinajstić information content (AvgIpc) is 3.39. The van der Waals surface area contributed by atoms with E-state index in [2.05, 4.69) is 20.5 Å². The van der Waals surface area contributed by atoms with Crippen LogP contribution >= 0.6 is 23.1 Å². The van der Waals surface area contributed by atoms with E-state index in [0.717, 1.165) is 11.3 Å². The number of thioether (sulfide) groups is 1. The number of carbonyl (C=O) groups is 2. The van der Waals surface area contributed by atoms with Crippen LogP contribution < -0.4 is 10.1 Å². The molecule has 0 atom stereocenters. The van der Waals surface area contributed by atoms with Crippen LogP contribution in [0.2, 0.25) is 0 Å². The fourth-order valence-corrected chi connectivity index (χ4v) is 4.43. The molecule has 170 valence electrons. The lowest BCUT2D eigenvalue weighted by Gasteiger charge is -2.11. The van der Waals surface area contributed by atoms with Crippen molar-refractivity contribution in [2.45, 2.75) is 38.9 Å². The number of esters is 1. The maximum Gasteiger partial charge on any atom is 0.311 e. The molecule has 0 radical (unpaired) electrons. The zero-order valence-corrected chi connectivity index (χ0v) is 19.8. The molecule has 2 heterocycles. The SMILES string of the molecule is CCOC(=O)Cc1csc(NC(=O)CSc2nnc(-c3ccccc3OCC)n2CC)n1. The third-order valence-electron chi connectivity index (χ3n) is 4.22. The van der Waals surface area contributed by atoms with Gasteiger partial charge in [0.2, 0.25) is 5.91 Å². The van der Waals surface area contributed by atoms with Gasteiger partial charge >= 0.3 is 5.97 Å². The Labute approximate surface area is 194 Å². The number of aromatic nitrogens is 4. The van der Waals surface area contributed by atoms with Gasteiger partial charge in [0.25, 0.3) is 0 Å². The molecule has 0 spiro atoms. The molecule has 0 saturated carbocycles. The van der Waals surface area contributed by atoms with Gasteiger partial charge in [0.05, 0.1) is 36.6 Å². The van der Waals surface area contributed by atoms with Gasteiger partial charge in [-0.05, 0) is 32.9 Å². The number of para-hydroxylation sites is 1. The predicted molar refractivity (Wildman–Crippen MR) is 124 cm³/mol. The Morgan fingerprint density at radius 2 is 1.97 bits per heavy atom. The first-order valence-electron chi connectivity index (χ1n) is 10.2. The number of benzene rings is 1. The fourth-order valence-electron chi connectivity index (χ4n) is 2.90. The maximum absolute atomic E-state index is 12.4. The summed E-state index contributed by atoms with van der Waals surface area (Å²) in [6.45, 7) is 7.21. The van der Waals surface area contributed by atoms with Crippen LogP contribution in [0.1, 0.15) is 26.5 Å². The lowest BCUT2D eigenvalue weighted by Crippen LogP contribution is -2.15. The van der Waals surface area contributed by atoms with Crippen LogP contribution in [0.25, 0.3) is 11.4 Å². The summed E-state index contributed by atoms with van der Waals surface area (Å²) < 4.78 is 12.6. The van der Waals surface area contributed by atoms with Crippen LogP contribution in [0.15, 0.2) is 34.8 Å². The van der Waals surface area contributed by atoms with Gasteiger partial charge in [-0.15, -0.1) is 21.5 Å². The number of nitrogens with one attached hydrogen (secondary N) is 1. The van der Waals surface area contributed by atoms with Gasteiger partial charge in [-0.1, -0.05) is 23.9 Å². The summed E-state index contributed by atoms with van der Waals surface area (Å²) in [7, 11) is 0. The Kier molecular flexibility index (Phi) is 8.63. The molecule has 0 aliphatic carbocycles. The topological polar surface area (TPSA) is 108 Å². The van der Waals surface area contributed by atoms with Gasteiger partial charge in [0.1, 0.15) is 5.75 Å². The Balaban J connectivity index is 1.62.